The molecule has 104 valence electrons. The molecule has 2 heterocycles. The number of rotatable bonds is 2. The van der Waals surface area contributed by atoms with Gasteiger partial charge in [0.25, 0.3) is 0 Å². The van der Waals surface area contributed by atoms with E-state index in [9.17, 15) is 13.2 Å². The van der Waals surface area contributed by atoms with Gasteiger partial charge in [0.15, 0.2) is 0 Å². The first kappa shape index (κ1) is 13.9. The number of aromatic nitrogens is 3. The van der Waals surface area contributed by atoms with Gasteiger partial charge in [0.1, 0.15) is 23.1 Å². The van der Waals surface area contributed by atoms with Crippen molar-refractivity contribution in [3.8, 4) is 6.07 Å². The van der Waals surface area contributed by atoms with Crippen molar-refractivity contribution in [2.24, 2.45) is 7.05 Å². The summed E-state index contributed by atoms with van der Waals surface area (Å²) >= 11 is 0. The van der Waals surface area contributed by atoms with E-state index in [1.165, 1.54) is 10.7 Å². The summed E-state index contributed by atoms with van der Waals surface area (Å²) in [4.78, 5) is 3.34. The highest BCUT2D eigenvalue weighted by atomic mass is 19.4. The average molecular weight is 281 g/mol. The minimum Gasteiger partial charge on any atom is -0.338 e. The number of alkyl halides is 3. The monoisotopic (exact) mass is 281 g/mol. The fourth-order valence-corrected chi connectivity index (χ4v) is 1.71. The van der Waals surface area contributed by atoms with E-state index in [1.54, 1.807) is 14.0 Å². The Morgan fingerprint density at radius 1 is 1.35 bits per heavy atom. The number of nitriles is 1. The summed E-state index contributed by atoms with van der Waals surface area (Å²) in [5, 5.41) is 15.9. The van der Waals surface area contributed by atoms with Gasteiger partial charge in [-0.1, -0.05) is 0 Å². The first-order valence-electron chi connectivity index (χ1n) is 5.57. The summed E-state index contributed by atoms with van der Waals surface area (Å²) in [5.41, 5.74) is 0.256. The molecule has 0 amide bonds. The molecule has 0 radical (unpaired) electrons. The van der Waals surface area contributed by atoms with E-state index >= 15 is 0 Å². The zero-order valence-corrected chi connectivity index (χ0v) is 10.7. The first-order valence-corrected chi connectivity index (χ1v) is 5.57. The van der Waals surface area contributed by atoms with Crippen LogP contribution in [0.1, 0.15) is 17.0 Å². The minimum absolute atomic E-state index is 0.340. The van der Waals surface area contributed by atoms with Crippen LogP contribution in [0.3, 0.4) is 0 Å². The van der Waals surface area contributed by atoms with E-state index in [1.807, 2.05) is 6.07 Å². The molecule has 0 bridgehead atoms. The van der Waals surface area contributed by atoms with E-state index in [2.05, 4.69) is 15.4 Å². The lowest BCUT2D eigenvalue weighted by atomic mass is 10.2. The Morgan fingerprint density at radius 3 is 2.55 bits per heavy atom. The van der Waals surface area contributed by atoms with Crippen LogP contribution in [0.2, 0.25) is 0 Å². The zero-order valence-electron chi connectivity index (χ0n) is 10.7. The van der Waals surface area contributed by atoms with Gasteiger partial charge in [-0.15, -0.1) is 0 Å². The van der Waals surface area contributed by atoms with Gasteiger partial charge >= 0.3 is 6.18 Å². The normalized spacial score (nSPS) is 11.2. The largest absolute Gasteiger partial charge is 0.433 e. The van der Waals surface area contributed by atoms with Gasteiger partial charge in [0.05, 0.1) is 17.6 Å². The van der Waals surface area contributed by atoms with Crippen molar-refractivity contribution in [1.82, 2.24) is 14.8 Å². The fraction of sp³-hybridized carbons (Fsp3) is 0.250. The van der Waals surface area contributed by atoms with Crippen LogP contribution in [0, 0.1) is 18.3 Å². The number of hydrogen-bond donors (Lipinski definition) is 1. The van der Waals surface area contributed by atoms with Crippen LogP contribution in [-0.4, -0.2) is 14.8 Å². The molecule has 0 aromatic carbocycles. The number of halogens is 3. The topological polar surface area (TPSA) is 66.5 Å². The molecule has 0 fully saturated rings. The Morgan fingerprint density at radius 2 is 2.05 bits per heavy atom. The number of nitrogens with one attached hydrogen (secondary N) is 1. The molecule has 0 saturated carbocycles. The molecule has 20 heavy (non-hydrogen) atoms. The molecule has 5 nitrogen and oxygen atoms in total. The third-order valence-electron chi connectivity index (χ3n) is 2.65. The van der Waals surface area contributed by atoms with Crippen molar-refractivity contribution >= 4 is 11.5 Å². The van der Waals surface area contributed by atoms with Gasteiger partial charge < -0.3 is 5.32 Å². The van der Waals surface area contributed by atoms with Gasteiger partial charge in [0.2, 0.25) is 0 Å². The van der Waals surface area contributed by atoms with Crippen LogP contribution in [0.4, 0.5) is 24.7 Å². The molecular weight excluding hydrogens is 271 g/mol. The lowest BCUT2D eigenvalue weighted by molar-refractivity contribution is -0.141. The molecule has 0 saturated heterocycles. The second-order valence-electron chi connectivity index (χ2n) is 4.10. The summed E-state index contributed by atoms with van der Waals surface area (Å²) < 4.78 is 38.6. The smallest absolute Gasteiger partial charge is 0.338 e. The van der Waals surface area contributed by atoms with Crippen molar-refractivity contribution in [3.05, 3.63) is 35.3 Å². The predicted octanol–water partition coefficient (Wildman–Crippen LogP) is 2.76. The molecule has 0 unspecified atom stereocenters. The highest BCUT2D eigenvalue weighted by Gasteiger charge is 2.32. The Balaban J connectivity index is 2.30. The Bertz CT molecular complexity index is 664. The van der Waals surface area contributed by atoms with E-state index in [-0.39, 0.29) is 0 Å². The second kappa shape index (κ2) is 4.85. The second-order valence-corrected chi connectivity index (χ2v) is 4.10. The van der Waals surface area contributed by atoms with Crippen LogP contribution in [0.25, 0.3) is 0 Å². The number of anilines is 2. The van der Waals surface area contributed by atoms with Crippen LogP contribution < -0.4 is 5.32 Å². The van der Waals surface area contributed by atoms with Gasteiger partial charge in [-0.25, -0.2) is 4.98 Å². The van der Waals surface area contributed by atoms with Crippen LogP contribution in [0.5, 0.6) is 0 Å². The van der Waals surface area contributed by atoms with Crippen LogP contribution in [-0.2, 0) is 13.2 Å². The van der Waals surface area contributed by atoms with Crippen molar-refractivity contribution in [2.75, 3.05) is 5.32 Å². The maximum Gasteiger partial charge on any atom is 0.433 e. The summed E-state index contributed by atoms with van der Waals surface area (Å²) in [6, 6.07) is 4.12. The molecule has 0 aliphatic rings. The highest BCUT2D eigenvalue weighted by Crippen LogP contribution is 2.28. The standard InChI is InChI=1S/C12H10F3N5/c1-7-9(5-16)11(20(2)19-7)18-8-3-4-10(17-6-8)12(13,14)15/h3-4,6,18H,1-2H3. The molecule has 2 rings (SSSR count). The van der Waals surface area contributed by atoms with Gasteiger partial charge in [-0.2, -0.15) is 23.5 Å². The molecule has 8 heteroatoms. The SMILES string of the molecule is Cc1nn(C)c(Nc2ccc(C(F)(F)F)nc2)c1C#N. The summed E-state index contributed by atoms with van der Waals surface area (Å²) in [5.74, 6) is 0.409. The third-order valence-corrected chi connectivity index (χ3v) is 2.65. The van der Waals surface area contributed by atoms with E-state index in [0.717, 1.165) is 12.3 Å². The predicted molar refractivity (Wildman–Crippen MR) is 65.2 cm³/mol. The molecule has 0 spiro atoms. The third kappa shape index (κ3) is 2.56. The number of hydrogen-bond acceptors (Lipinski definition) is 4. The van der Waals surface area contributed by atoms with E-state index in [4.69, 9.17) is 5.26 Å². The lowest BCUT2D eigenvalue weighted by Crippen LogP contribution is -2.08. The number of aryl methyl sites for hydroxylation is 2. The van der Waals surface area contributed by atoms with Gasteiger partial charge in [0, 0.05) is 7.05 Å². The summed E-state index contributed by atoms with van der Waals surface area (Å²) in [6.45, 7) is 1.68. The quantitative estimate of drug-likeness (QED) is 0.919. The lowest BCUT2D eigenvalue weighted by Gasteiger charge is -2.09. The van der Waals surface area contributed by atoms with Crippen LogP contribution in [0.15, 0.2) is 18.3 Å². The molecule has 1 N–H and O–H groups in total. The summed E-state index contributed by atoms with van der Waals surface area (Å²) in [6.07, 6.45) is -3.41. The summed E-state index contributed by atoms with van der Waals surface area (Å²) in [7, 11) is 1.63. The van der Waals surface area contributed by atoms with Crippen molar-refractivity contribution in [3.63, 3.8) is 0 Å². The first-order chi connectivity index (χ1) is 9.32. The van der Waals surface area contributed by atoms with Crippen molar-refractivity contribution < 1.29 is 13.2 Å². The van der Waals surface area contributed by atoms with E-state index in [0.29, 0.717) is 22.8 Å². The number of nitrogens with zero attached hydrogens (tertiary/aromatic N) is 4. The molecule has 0 atom stereocenters. The molecule has 2 aromatic heterocycles. The van der Waals surface area contributed by atoms with E-state index < -0.39 is 11.9 Å². The Labute approximate surface area is 112 Å². The molecule has 2 aromatic rings. The maximum atomic E-state index is 12.4. The van der Waals surface area contributed by atoms with Gasteiger partial charge in [-0.3, -0.25) is 4.68 Å². The zero-order chi connectivity index (χ0) is 14.9. The Hall–Kier alpha value is -2.56. The maximum absolute atomic E-state index is 12.4. The fourth-order valence-electron chi connectivity index (χ4n) is 1.71. The molecule has 0 aliphatic heterocycles. The number of pyridine rings is 1. The van der Waals surface area contributed by atoms with Crippen molar-refractivity contribution in [2.45, 2.75) is 13.1 Å². The highest BCUT2D eigenvalue weighted by molar-refractivity contribution is 5.63. The van der Waals surface area contributed by atoms with Gasteiger partial charge in [-0.05, 0) is 19.1 Å². The average Bonchev–Trinajstić information content (AvgIpc) is 2.63. The molecule has 0 aliphatic carbocycles. The minimum atomic E-state index is -4.47. The Kier molecular flexibility index (Phi) is 3.36. The van der Waals surface area contributed by atoms with Crippen LogP contribution >= 0.6 is 0 Å². The molecular formula is C12H10F3N5. The van der Waals surface area contributed by atoms with Crippen molar-refractivity contribution in [1.29, 1.82) is 5.26 Å².